The van der Waals surface area contributed by atoms with Gasteiger partial charge in [-0.25, -0.2) is 4.98 Å². The molecule has 0 spiro atoms. The zero-order chi connectivity index (χ0) is 17.5. The van der Waals surface area contributed by atoms with Gasteiger partial charge in [-0.1, -0.05) is 18.6 Å². The van der Waals surface area contributed by atoms with Crippen LogP contribution in [-0.4, -0.2) is 49.1 Å². The summed E-state index contributed by atoms with van der Waals surface area (Å²) in [6.45, 7) is 3.94. The summed E-state index contributed by atoms with van der Waals surface area (Å²) in [6, 6.07) is 11.4. The largest absolute Gasteiger partial charge is 0.481 e. The fourth-order valence-electron chi connectivity index (χ4n) is 3.10. The van der Waals surface area contributed by atoms with Gasteiger partial charge >= 0.3 is 0 Å². The summed E-state index contributed by atoms with van der Waals surface area (Å²) in [5.41, 5.74) is 2.71. The number of carbonyl (C=O) groups excluding carboxylic acids is 1. The van der Waals surface area contributed by atoms with E-state index in [0.717, 1.165) is 30.8 Å². The van der Waals surface area contributed by atoms with Gasteiger partial charge in [0.25, 0.3) is 5.91 Å². The van der Waals surface area contributed by atoms with Crippen molar-refractivity contribution < 1.29 is 9.53 Å². The van der Waals surface area contributed by atoms with E-state index in [1.54, 1.807) is 13.3 Å². The number of piperidine rings is 1. The lowest BCUT2D eigenvalue weighted by Gasteiger charge is -2.26. The van der Waals surface area contributed by atoms with E-state index in [0.29, 0.717) is 18.0 Å². The van der Waals surface area contributed by atoms with Gasteiger partial charge in [0.15, 0.2) is 0 Å². The molecule has 1 saturated heterocycles. The van der Waals surface area contributed by atoms with Crippen molar-refractivity contribution >= 4 is 5.91 Å². The van der Waals surface area contributed by atoms with Crippen LogP contribution in [0.15, 0.2) is 42.6 Å². The van der Waals surface area contributed by atoms with Crippen LogP contribution in [0.25, 0.3) is 11.1 Å². The zero-order valence-electron chi connectivity index (χ0n) is 14.7. The highest BCUT2D eigenvalue weighted by Gasteiger charge is 2.11. The zero-order valence-corrected chi connectivity index (χ0v) is 14.7. The van der Waals surface area contributed by atoms with Crippen molar-refractivity contribution in [2.45, 2.75) is 19.3 Å². The highest BCUT2D eigenvalue weighted by Crippen LogP contribution is 2.20. The lowest BCUT2D eigenvalue weighted by atomic mass is 10.1. The summed E-state index contributed by atoms with van der Waals surface area (Å²) in [5, 5.41) is 3.01. The van der Waals surface area contributed by atoms with Crippen LogP contribution in [0.3, 0.4) is 0 Å². The van der Waals surface area contributed by atoms with E-state index < -0.39 is 0 Å². The predicted octanol–water partition coefficient (Wildman–Crippen LogP) is 2.97. The summed E-state index contributed by atoms with van der Waals surface area (Å²) >= 11 is 0. The van der Waals surface area contributed by atoms with Gasteiger partial charge in [0.1, 0.15) is 0 Å². The normalized spacial score (nSPS) is 14.9. The Labute approximate surface area is 149 Å². The first-order valence-electron chi connectivity index (χ1n) is 8.87. The van der Waals surface area contributed by atoms with Gasteiger partial charge in [-0.2, -0.15) is 0 Å². The number of methoxy groups -OCH3 is 1. The van der Waals surface area contributed by atoms with Crippen molar-refractivity contribution in [1.29, 1.82) is 0 Å². The number of hydrogen-bond acceptors (Lipinski definition) is 4. The first-order valence-corrected chi connectivity index (χ1v) is 8.87. The molecule has 132 valence electrons. The van der Waals surface area contributed by atoms with Gasteiger partial charge in [0.2, 0.25) is 5.88 Å². The number of benzene rings is 1. The van der Waals surface area contributed by atoms with E-state index in [9.17, 15) is 4.79 Å². The third kappa shape index (κ3) is 4.79. The lowest BCUT2D eigenvalue weighted by Crippen LogP contribution is -2.37. The number of carbonyl (C=O) groups is 1. The quantitative estimate of drug-likeness (QED) is 0.879. The Morgan fingerprint density at radius 1 is 1.08 bits per heavy atom. The van der Waals surface area contributed by atoms with Crippen LogP contribution in [0.2, 0.25) is 0 Å². The molecule has 1 aromatic carbocycles. The minimum atomic E-state index is -0.0172. The summed E-state index contributed by atoms with van der Waals surface area (Å²) in [5.74, 6) is 0.574. The van der Waals surface area contributed by atoms with Crippen LogP contribution in [-0.2, 0) is 0 Å². The third-order valence-electron chi connectivity index (χ3n) is 4.59. The van der Waals surface area contributed by atoms with Gasteiger partial charge in [0, 0.05) is 36.5 Å². The van der Waals surface area contributed by atoms with E-state index in [-0.39, 0.29) is 5.91 Å². The Bertz CT molecular complexity index is 677. The Balaban J connectivity index is 1.52. The Morgan fingerprint density at radius 3 is 2.44 bits per heavy atom. The second-order valence-electron chi connectivity index (χ2n) is 6.32. The molecule has 0 radical (unpaired) electrons. The number of aromatic nitrogens is 1. The summed E-state index contributed by atoms with van der Waals surface area (Å²) < 4.78 is 5.07. The molecule has 1 aliphatic rings. The molecule has 25 heavy (non-hydrogen) atoms. The van der Waals surface area contributed by atoms with Crippen LogP contribution in [0, 0.1) is 0 Å². The molecule has 1 amide bonds. The van der Waals surface area contributed by atoms with E-state index in [2.05, 4.69) is 15.2 Å². The number of hydrogen-bond donors (Lipinski definition) is 1. The van der Waals surface area contributed by atoms with Crippen molar-refractivity contribution in [3.05, 3.63) is 48.2 Å². The molecule has 0 unspecified atom stereocenters. The van der Waals surface area contributed by atoms with Crippen molar-refractivity contribution in [2.24, 2.45) is 0 Å². The van der Waals surface area contributed by atoms with E-state index >= 15 is 0 Å². The highest BCUT2D eigenvalue weighted by atomic mass is 16.5. The molecular formula is C20H25N3O2. The van der Waals surface area contributed by atoms with E-state index in [1.807, 2.05) is 36.4 Å². The SMILES string of the molecule is COc1ccc(-c2ccc(C(=O)NCCN3CCCCC3)cc2)cn1. The predicted molar refractivity (Wildman–Crippen MR) is 98.8 cm³/mol. The molecule has 5 heteroatoms. The van der Waals surface area contributed by atoms with E-state index in [4.69, 9.17) is 4.74 Å². The van der Waals surface area contributed by atoms with Crippen LogP contribution < -0.4 is 10.1 Å². The third-order valence-corrected chi connectivity index (χ3v) is 4.59. The van der Waals surface area contributed by atoms with Crippen molar-refractivity contribution in [3.8, 4) is 17.0 Å². The summed E-state index contributed by atoms with van der Waals surface area (Å²) in [6.07, 6.45) is 5.65. The molecule has 0 bridgehead atoms. The Morgan fingerprint density at radius 2 is 1.80 bits per heavy atom. The van der Waals surface area contributed by atoms with Gasteiger partial charge in [0.05, 0.1) is 7.11 Å². The minimum Gasteiger partial charge on any atom is -0.481 e. The van der Waals surface area contributed by atoms with Crippen LogP contribution >= 0.6 is 0 Å². The van der Waals surface area contributed by atoms with Gasteiger partial charge in [-0.05, 0) is 49.7 Å². The van der Waals surface area contributed by atoms with Crippen molar-refractivity contribution in [2.75, 3.05) is 33.3 Å². The fourth-order valence-corrected chi connectivity index (χ4v) is 3.10. The van der Waals surface area contributed by atoms with Crippen LogP contribution in [0.5, 0.6) is 5.88 Å². The fraction of sp³-hybridized carbons (Fsp3) is 0.400. The van der Waals surface area contributed by atoms with Crippen LogP contribution in [0.4, 0.5) is 0 Å². The number of ether oxygens (including phenoxy) is 1. The average Bonchev–Trinajstić information content (AvgIpc) is 2.69. The number of rotatable bonds is 6. The maximum atomic E-state index is 12.3. The Kier molecular flexibility index (Phi) is 6.01. The highest BCUT2D eigenvalue weighted by molar-refractivity contribution is 5.94. The van der Waals surface area contributed by atoms with Gasteiger partial charge in [-0.15, -0.1) is 0 Å². The average molecular weight is 339 g/mol. The molecule has 0 saturated carbocycles. The molecule has 1 aliphatic heterocycles. The second kappa shape index (κ2) is 8.62. The van der Waals surface area contributed by atoms with Crippen molar-refractivity contribution in [3.63, 3.8) is 0 Å². The number of nitrogens with zero attached hydrogens (tertiary/aromatic N) is 2. The summed E-state index contributed by atoms with van der Waals surface area (Å²) in [4.78, 5) is 18.9. The standard InChI is InChI=1S/C20H25N3O2/c1-25-19-10-9-18(15-22-19)16-5-7-17(8-6-16)20(24)21-11-14-23-12-3-2-4-13-23/h5-10,15H,2-4,11-14H2,1H3,(H,21,24). The molecule has 1 fully saturated rings. The molecule has 2 heterocycles. The second-order valence-corrected chi connectivity index (χ2v) is 6.32. The van der Waals surface area contributed by atoms with E-state index in [1.165, 1.54) is 19.3 Å². The maximum Gasteiger partial charge on any atom is 0.251 e. The number of pyridine rings is 1. The smallest absolute Gasteiger partial charge is 0.251 e. The molecule has 1 aromatic heterocycles. The molecule has 5 nitrogen and oxygen atoms in total. The molecule has 0 aliphatic carbocycles. The number of amides is 1. The number of likely N-dealkylation sites (tertiary alicyclic amines) is 1. The molecule has 2 aromatic rings. The van der Waals surface area contributed by atoms with Crippen LogP contribution in [0.1, 0.15) is 29.6 Å². The first kappa shape index (κ1) is 17.4. The van der Waals surface area contributed by atoms with Gasteiger partial charge in [-0.3, -0.25) is 4.79 Å². The molecule has 0 atom stereocenters. The first-order chi connectivity index (χ1) is 12.3. The monoisotopic (exact) mass is 339 g/mol. The van der Waals surface area contributed by atoms with Crippen molar-refractivity contribution in [1.82, 2.24) is 15.2 Å². The maximum absolute atomic E-state index is 12.3. The molecule has 3 rings (SSSR count). The molecular weight excluding hydrogens is 314 g/mol. The van der Waals surface area contributed by atoms with Gasteiger partial charge < -0.3 is 15.0 Å². The summed E-state index contributed by atoms with van der Waals surface area (Å²) in [7, 11) is 1.60. The number of nitrogens with one attached hydrogen (secondary N) is 1. The molecule has 1 N–H and O–H groups in total. The lowest BCUT2D eigenvalue weighted by molar-refractivity contribution is 0.0946. The Hall–Kier alpha value is -2.40. The topological polar surface area (TPSA) is 54.5 Å². The minimum absolute atomic E-state index is 0.0172.